The van der Waals surface area contributed by atoms with E-state index in [9.17, 15) is 30.3 Å². The maximum atomic E-state index is 12.4. The van der Waals surface area contributed by atoms with E-state index in [-0.39, 0.29) is 29.4 Å². The lowest BCUT2D eigenvalue weighted by Gasteiger charge is -2.39. The van der Waals surface area contributed by atoms with E-state index >= 15 is 0 Å². The van der Waals surface area contributed by atoms with E-state index in [0.717, 1.165) is 0 Å². The molecule has 2 aromatic rings. The van der Waals surface area contributed by atoms with Crippen LogP contribution in [0.4, 0.5) is 0 Å². The first kappa shape index (κ1) is 22.8. The molecule has 0 aromatic heterocycles. The monoisotopic (exact) mass is 436 g/mol. The lowest BCUT2D eigenvalue weighted by Crippen LogP contribution is -2.60. The third kappa shape index (κ3) is 5.06. The number of methoxy groups -OCH3 is 1. The normalized spacial score (nSPS) is 25.6. The number of para-hydroxylation sites is 1. The molecule has 2 aromatic carbocycles. The van der Waals surface area contributed by atoms with E-state index in [4.69, 9.17) is 18.9 Å². The summed E-state index contributed by atoms with van der Waals surface area (Å²) < 4.78 is 21.3. The van der Waals surface area contributed by atoms with Gasteiger partial charge in [-0.2, -0.15) is 0 Å². The predicted octanol–water partition coefficient (Wildman–Crippen LogP) is -0.0635. The Balaban J connectivity index is 1.70. The maximum Gasteiger partial charge on any atom is 0.338 e. The van der Waals surface area contributed by atoms with Crippen molar-refractivity contribution in [1.29, 1.82) is 0 Å². The van der Waals surface area contributed by atoms with Crippen molar-refractivity contribution in [3.05, 3.63) is 53.6 Å². The van der Waals surface area contributed by atoms with E-state index in [1.54, 1.807) is 24.3 Å². The number of benzene rings is 2. The third-order valence-electron chi connectivity index (χ3n) is 4.84. The van der Waals surface area contributed by atoms with Gasteiger partial charge in [0, 0.05) is 5.56 Å². The number of esters is 1. The first-order valence-electron chi connectivity index (χ1n) is 9.45. The summed E-state index contributed by atoms with van der Waals surface area (Å²) in [5.74, 6) is -0.443. The molecule has 10 heteroatoms. The van der Waals surface area contributed by atoms with Crippen molar-refractivity contribution in [3.8, 4) is 17.2 Å². The zero-order valence-electron chi connectivity index (χ0n) is 16.6. The highest BCUT2D eigenvalue weighted by Crippen LogP contribution is 2.28. The molecular weight excluding hydrogens is 412 g/mol. The van der Waals surface area contributed by atoms with Crippen LogP contribution >= 0.6 is 0 Å². The van der Waals surface area contributed by atoms with Gasteiger partial charge in [-0.25, -0.2) is 4.79 Å². The van der Waals surface area contributed by atoms with Crippen LogP contribution in [0.5, 0.6) is 17.2 Å². The Morgan fingerprint density at radius 3 is 2.48 bits per heavy atom. The molecule has 0 unspecified atom stereocenters. The SMILES string of the molecule is COc1cc(C(=O)OCc2ccccc2O[C@@H]2O[C@H](CO)[C@@H](O)[C@H](O)[C@H]2O)ccc1O. The largest absolute Gasteiger partial charge is 0.504 e. The van der Waals surface area contributed by atoms with Gasteiger partial charge in [-0.15, -0.1) is 0 Å². The molecule has 168 valence electrons. The van der Waals surface area contributed by atoms with Crippen molar-refractivity contribution in [2.24, 2.45) is 0 Å². The highest BCUT2D eigenvalue weighted by Gasteiger charge is 2.44. The molecule has 31 heavy (non-hydrogen) atoms. The van der Waals surface area contributed by atoms with E-state index in [1.807, 2.05) is 0 Å². The van der Waals surface area contributed by atoms with E-state index in [1.165, 1.54) is 25.3 Å². The fraction of sp³-hybridized carbons (Fsp3) is 0.381. The molecule has 1 saturated heterocycles. The maximum absolute atomic E-state index is 12.4. The minimum atomic E-state index is -1.58. The Labute approximate surface area is 177 Å². The van der Waals surface area contributed by atoms with Crippen LogP contribution in [0, 0.1) is 0 Å². The third-order valence-corrected chi connectivity index (χ3v) is 4.84. The van der Waals surface area contributed by atoms with Crippen molar-refractivity contribution < 1.29 is 49.3 Å². The molecule has 10 nitrogen and oxygen atoms in total. The van der Waals surface area contributed by atoms with Gasteiger partial charge in [-0.05, 0) is 24.3 Å². The first-order chi connectivity index (χ1) is 14.8. The van der Waals surface area contributed by atoms with Crippen LogP contribution in [0.2, 0.25) is 0 Å². The van der Waals surface area contributed by atoms with Gasteiger partial charge in [0.1, 0.15) is 36.8 Å². The Morgan fingerprint density at radius 2 is 1.77 bits per heavy atom. The number of aromatic hydroxyl groups is 1. The highest BCUT2D eigenvalue weighted by molar-refractivity contribution is 5.90. The van der Waals surface area contributed by atoms with Gasteiger partial charge in [-0.3, -0.25) is 0 Å². The molecule has 1 aliphatic rings. The highest BCUT2D eigenvalue weighted by atomic mass is 16.7. The molecule has 1 fully saturated rings. The predicted molar refractivity (Wildman–Crippen MR) is 105 cm³/mol. The van der Waals surface area contributed by atoms with Gasteiger partial charge in [0.15, 0.2) is 11.5 Å². The molecule has 0 spiro atoms. The number of aliphatic hydroxyl groups is 4. The molecule has 1 aliphatic heterocycles. The summed E-state index contributed by atoms with van der Waals surface area (Å²) in [4.78, 5) is 12.4. The van der Waals surface area contributed by atoms with Gasteiger partial charge < -0.3 is 44.5 Å². The minimum absolute atomic E-state index is 0.114. The van der Waals surface area contributed by atoms with Crippen molar-refractivity contribution in [1.82, 2.24) is 0 Å². The quantitative estimate of drug-likeness (QED) is 0.373. The zero-order valence-corrected chi connectivity index (χ0v) is 16.6. The molecule has 5 atom stereocenters. The number of phenols is 1. The number of carbonyl (C=O) groups is 1. The fourth-order valence-corrected chi connectivity index (χ4v) is 3.06. The standard InChI is InChI=1S/C21H24O10/c1-28-15-8-11(6-7-13(15)23)20(27)29-10-12-4-2-3-5-14(12)30-21-19(26)18(25)17(24)16(9-22)31-21/h2-8,16-19,21-26H,9-10H2,1H3/t16-,17-,18+,19-,21-/m1/s1. The second-order valence-electron chi connectivity index (χ2n) is 6.89. The summed E-state index contributed by atoms with van der Waals surface area (Å²) >= 11 is 0. The van der Waals surface area contributed by atoms with Crippen LogP contribution < -0.4 is 9.47 Å². The van der Waals surface area contributed by atoms with Gasteiger partial charge in [0.25, 0.3) is 0 Å². The zero-order chi connectivity index (χ0) is 22.5. The number of ether oxygens (including phenoxy) is 4. The number of hydrogen-bond donors (Lipinski definition) is 5. The molecule has 0 bridgehead atoms. The summed E-state index contributed by atoms with van der Waals surface area (Å²) in [6.07, 6.45) is -7.13. The summed E-state index contributed by atoms with van der Waals surface area (Å²) in [7, 11) is 1.36. The lowest BCUT2D eigenvalue weighted by atomic mass is 9.99. The Bertz CT molecular complexity index is 899. The smallest absolute Gasteiger partial charge is 0.338 e. The molecule has 0 radical (unpaired) electrons. The van der Waals surface area contributed by atoms with Crippen LogP contribution in [0.15, 0.2) is 42.5 Å². The minimum Gasteiger partial charge on any atom is -0.504 e. The van der Waals surface area contributed by atoms with Crippen LogP contribution in [-0.4, -0.2) is 75.9 Å². The fourth-order valence-electron chi connectivity index (χ4n) is 3.06. The first-order valence-corrected chi connectivity index (χ1v) is 9.45. The summed E-state index contributed by atoms with van der Waals surface area (Å²) in [5, 5.41) is 48.9. The Kier molecular flexibility index (Phi) is 7.31. The molecule has 3 rings (SSSR count). The van der Waals surface area contributed by atoms with E-state index < -0.39 is 43.3 Å². The number of phenolic OH excluding ortho intramolecular Hbond substituents is 1. The van der Waals surface area contributed by atoms with Crippen molar-refractivity contribution in [3.63, 3.8) is 0 Å². The van der Waals surface area contributed by atoms with Crippen LogP contribution in [0.25, 0.3) is 0 Å². The molecule has 0 aliphatic carbocycles. The second-order valence-corrected chi connectivity index (χ2v) is 6.89. The Hall–Kier alpha value is -2.89. The molecule has 0 saturated carbocycles. The summed E-state index contributed by atoms with van der Waals surface area (Å²) in [6, 6.07) is 10.6. The van der Waals surface area contributed by atoms with Crippen LogP contribution in [0.3, 0.4) is 0 Å². The van der Waals surface area contributed by atoms with Gasteiger partial charge in [0.2, 0.25) is 6.29 Å². The topological polar surface area (TPSA) is 155 Å². The number of rotatable bonds is 7. The number of carbonyl (C=O) groups excluding carboxylic acids is 1. The number of hydrogen-bond acceptors (Lipinski definition) is 10. The van der Waals surface area contributed by atoms with E-state index in [2.05, 4.69) is 0 Å². The van der Waals surface area contributed by atoms with Crippen LogP contribution in [0.1, 0.15) is 15.9 Å². The van der Waals surface area contributed by atoms with Crippen molar-refractivity contribution in [2.75, 3.05) is 13.7 Å². The van der Waals surface area contributed by atoms with Gasteiger partial charge in [-0.1, -0.05) is 18.2 Å². The van der Waals surface area contributed by atoms with Gasteiger partial charge in [0.05, 0.1) is 19.3 Å². The molecule has 5 N–H and O–H groups in total. The van der Waals surface area contributed by atoms with E-state index in [0.29, 0.717) is 5.56 Å². The van der Waals surface area contributed by atoms with Gasteiger partial charge >= 0.3 is 5.97 Å². The van der Waals surface area contributed by atoms with Crippen molar-refractivity contribution in [2.45, 2.75) is 37.3 Å². The lowest BCUT2D eigenvalue weighted by molar-refractivity contribution is -0.277. The average molecular weight is 436 g/mol. The Morgan fingerprint density at radius 1 is 1.03 bits per heavy atom. The average Bonchev–Trinajstić information content (AvgIpc) is 2.78. The van der Waals surface area contributed by atoms with Crippen LogP contribution in [-0.2, 0) is 16.1 Å². The summed E-state index contributed by atoms with van der Waals surface area (Å²) in [5.41, 5.74) is 0.612. The summed E-state index contributed by atoms with van der Waals surface area (Å²) in [6.45, 7) is -0.768. The molecular formula is C21H24O10. The molecule has 0 amide bonds. The molecule has 1 heterocycles. The second kappa shape index (κ2) is 9.94. The van der Waals surface area contributed by atoms with Crippen molar-refractivity contribution >= 4 is 5.97 Å². The number of aliphatic hydroxyl groups excluding tert-OH is 4.